The minimum atomic E-state index is -1.19. The molecule has 4 N–H and O–H groups in total. The van der Waals surface area contributed by atoms with Crippen molar-refractivity contribution in [1.82, 2.24) is 10.3 Å². The average molecular weight is 348 g/mol. The van der Waals surface area contributed by atoms with Gasteiger partial charge in [0.2, 0.25) is 0 Å². The minimum Gasteiger partial charge on any atom is -0.444 e. The quantitative estimate of drug-likeness (QED) is 0.659. The Morgan fingerprint density at radius 1 is 1.28 bits per heavy atom. The molecule has 0 fully saturated rings. The van der Waals surface area contributed by atoms with E-state index in [4.69, 9.17) is 4.74 Å². The molecule has 0 aliphatic rings. The molecule has 0 radical (unpaired) electrons. The lowest BCUT2D eigenvalue weighted by Gasteiger charge is -2.21. The Balaban J connectivity index is 2.01. The van der Waals surface area contributed by atoms with E-state index in [1.54, 1.807) is 39.0 Å². The van der Waals surface area contributed by atoms with Crippen molar-refractivity contribution < 1.29 is 19.7 Å². The lowest BCUT2D eigenvalue weighted by molar-refractivity contribution is 0.0130. The van der Waals surface area contributed by atoms with Crippen molar-refractivity contribution in [2.45, 2.75) is 45.0 Å². The van der Waals surface area contributed by atoms with Gasteiger partial charge in [-0.15, -0.1) is 0 Å². The van der Waals surface area contributed by atoms with E-state index in [9.17, 15) is 19.8 Å². The second-order valence-corrected chi connectivity index (χ2v) is 6.84. The van der Waals surface area contributed by atoms with Crippen molar-refractivity contribution in [3.8, 4) is 0 Å². The molecule has 136 valence electrons. The van der Waals surface area contributed by atoms with Crippen LogP contribution in [-0.2, 0) is 4.74 Å². The van der Waals surface area contributed by atoms with Crippen LogP contribution in [0.2, 0.25) is 0 Å². The molecule has 7 heteroatoms. The number of amides is 1. The van der Waals surface area contributed by atoms with Crippen molar-refractivity contribution in [3.05, 3.63) is 46.2 Å². The number of aliphatic hydroxyl groups excluding tert-OH is 2. The molecule has 1 amide bonds. The first-order valence-corrected chi connectivity index (χ1v) is 8.12. The van der Waals surface area contributed by atoms with E-state index in [1.165, 1.54) is 12.3 Å². The first kappa shape index (κ1) is 19.0. The van der Waals surface area contributed by atoms with Crippen LogP contribution in [-0.4, -0.2) is 39.5 Å². The maximum absolute atomic E-state index is 11.9. The fourth-order valence-electron chi connectivity index (χ4n) is 2.47. The third kappa shape index (κ3) is 5.04. The number of aromatic amines is 1. The monoisotopic (exact) mass is 348 g/mol. The molecule has 1 aromatic heterocycles. The van der Waals surface area contributed by atoms with Crippen LogP contribution in [0.3, 0.4) is 0 Å². The molecular weight excluding hydrogens is 324 g/mol. The molecule has 1 aromatic carbocycles. The lowest BCUT2D eigenvalue weighted by Crippen LogP contribution is -2.34. The second kappa shape index (κ2) is 7.67. The number of alkyl carbamates (subject to hydrolysis) is 1. The maximum atomic E-state index is 11.9. The molecule has 0 spiro atoms. The number of aromatic nitrogens is 1. The number of pyridine rings is 1. The molecule has 0 saturated heterocycles. The molecule has 1 heterocycles. The van der Waals surface area contributed by atoms with Crippen molar-refractivity contribution in [2.75, 3.05) is 6.54 Å². The number of carbonyl (C=O) groups is 1. The van der Waals surface area contributed by atoms with E-state index < -0.39 is 23.9 Å². The second-order valence-electron chi connectivity index (χ2n) is 6.84. The summed E-state index contributed by atoms with van der Waals surface area (Å²) in [7, 11) is 0. The summed E-state index contributed by atoms with van der Waals surface area (Å²) in [4.78, 5) is 26.4. The summed E-state index contributed by atoms with van der Waals surface area (Å²) in [5, 5.41) is 23.6. The summed E-state index contributed by atoms with van der Waals surface area (Å²) in [5.41, 5.74) is 0.155. The Hall–Kier alpha value is -2.38. The molecule has 0 aliphatic heterocycles. The zero-order chi connectivity index (χ0) is 18.6. The largest absolute Gasteiger partial charge is 0.444 e. The highest BCUT2D eigenvalue weighted by molar-refractivity contribution is 5.81. The Morgan fingerprint density at radius 3 is 2.68 bits per heavy atom. The molecule has 2 aromatic rings. The summed E-state index contributed by atoms with van der Waals surface area (Å²) in [6.07, 6.45) is -1.25. The fraction of sp³-hybridized carbons (Fsp3) is 0.444. The van der Waals surface area contributed by atoms with E-state index in [0.717, 1.165) is 0 Å². The van der Waals surface area contributed by atoms with Crippen LogP contribution < -0.4 is 10.7 Å². The van der Waals surface area contributed by atoms with Gasteiger partial charge in [-0.05, 0) is 33.3 Å². The van der Waals surface area contributed by atoms with Gasteiger partial charge in [-0.1, -0.05) is 12.1 Å². The minimum absolute atomic E-state index is 0.133. The average Bonchev–Trinajstić information content (AvgIpc) is 2.52. The fourth-order valence-corrected chi connectivity index (χ4v) is 2.47. The van der Waals surface area contributed by atoms with Crippen LogP contribution in [0, 0.1) is 0 Å². The molecule has 0 aliphatic carbocycles. The van der Waals surface area contributed by atoms with Crippen LogP contribution in [0.5, 0.6) is 0 Å². The highest BCUT2D eigenvalue weighted by Gasteiger charge is 2.22. The molecule has 2 unspecified atom stereocenters. The Morgan fingerprint density at radius 2 is 2.00 bits per heavy atom. The number of carbonyl (C=O) groups excluding carboxylic acids is 1. The third-order valence-electron chi connectivity index (χ3n) is 3.62. The predicted octanol–water partition coefficient (Wildman–Crippen LogP) is 1.84. The van der Waals surface area contributed by atoms with Gasteiger partial charge >= 0.3 is 6.09 Å². The number of para-hydroxylation sites is 1. The van der Waals surface area contributed by atoms with Crippen LogP contribution in [0.1, 0.15) is 38.9 Å². The standard InChI is InChI=1S/C18H24N2O5/c1-18(2,3)25-17(24)20-10-8-14(22)16(23)12-6-4-5-11-13(21)7-9-19-15(11)12/h4-7,9,14,16,22-23H,8,10H2,1-3H3,(H,19,21)(H,20,24). The number of fused-ring (bicyclic) bond motifs is 1. The number of hydrogen-bond acceptors (Lipinski definition) is 5. The zero-order valence-corrected chi connectivity index (χ0v) is 14.6. The molecular formula is C18H24N2O5. The first-order chi connectivity index (χ1) is 11.7. The third-order valence-corrected chi connectivity index (χ3v) is 3.62. The number of aliphatic hydroxyl groups is 2. The Bertz CT molecular complexity index is 794. The van der Waals surface area contributed by atoms with Gasteiger partial charge in [-0.3, -0.25) is 4.79 Å². The Labute approximate surface area is 145 Å². The van der Waals surface area contributed by atoms with Crippen molar-refractivity contribution >= 4 is 17.0 Å². The molecule has 2 atom stereocenters. The van der Waals surface area contributed by atoms with E-state index in [1.807, 2.05) is 0 Å². The SMILES string of the molecule is CC(C)(C)OC(=O)NCCC(O)C(O)c1cccc2c(=O)cc[nH]c12. The summed E-state index contributed by atoms with van der Waals surface area (Å²) >= 11 is 0. The van der Waals surface area contributed by atoms with Crippen molar-refractivity contribution in [2.24, 2.45) is 0 Å². The first-order valence-electron chi connectivity index (χ1n) is 8.12. The number of rotatable bonds is 5. The van der Waals surface area contributed by atoms with Gasteiger partial charge < -0.3 is 25.3 Å². The van der Waals surface area contributed by atoms with Gasteiger partial charge in [-0.25, -0.2) is 4.79 Å². The van der Waals surface area contributed by atoms with E-state index in [2.05, 4.69) is 10.3 Å². The molecule has 0 saturated carbocycles. The van der Waals surface area contributed by atoms with Crippen LogP contribution in [0.4, 0.5) is 4.79 Å². The van der Waals surface area contributed by atoms with E-state index >= 15 is 0 Å². The zero-order valence-electron chi connectivity index (χ0n) is 14.6. The van der Waals surface area contributed by atoms with Crippen LogP contribution in [0.25, 0.3) is 10.9 Å². The van der Waals surface area contributed by atoms with E-state index in [0.29, 0.717) is 16.5 Å². The summed E-state index contributed by atoms with van der Waals surface area (Å²) in [5.74, 6) is 0. The normalized spacial score (nSPS) is 14.1. The van der Waals surface area contributed by atoms with Crippen molar-refractivity contribution in [1.29, 1.82) is 0 Å². The van der Waals surface area contributed by atoms with Gasteiger partial charge in [0.25, 0.3) is 0 Å². The summed E-state index contributed by atoms with van der Waals surface area (Å²) < 4.78 is 5.10. The van der Waals surface area contributed by atoms with Gasteiger partial charge in [0, 0.05) is 29.8 Å². The maximum Gasteiger partial charge on any atom is 0.407 e. The van der Waals surface area contributed by atoms with Crippen molar-refractivity contribution in [3.63, 3.8) is 0 Å². The summed E-state index contributed by atoms with van der Waals surface area (Å²) in [6, 6.07) is 6.36. The summed E-state index contributed by atoms with van der Waals surface area (Å²) in [6.45, 7) is 5.42. The van der Waals surface area contributed by atoms with Gasteiger partial charge in [0.15, 0.2) is 5.43 Å². The van der Waals surface area contributed by atoms with E-state index in [-0.39, 0.29) is 18.4 Å². The topological polar surface area (TPSA) is 112 Å². The lowest BCUT2D eigenvalue weighted by atomic mass is 9.99. The highest BCUT2D eigenvalue weighted by Crippen LogP contribution is 2.24. The number of ether oxygens (including phenoxy) is 1. The highest BCUT2D eigenvalue weighted by atomic mass is 16.6. The molecule has 2 rings (SSSR count). The predicted molar refractivity (Wildman–Crippen MR) is 94.4 cm³/mol. The number of benzene rings is 1. The van der Waals surface area contributed by atoms with Gasteiger partial charge in [-0.2, -0.15) is 0 Å². The number of H-pyrrole nitrogens is 1. The number of nitrogens with one attached hydrogen (secondary N) is 2. The molecule has 25 heavy (non-hydrogen) atoms. The number of hydrogen-bond donors (Lipinski definition) is 4. The van der Waals surface area contributed by atoms with Gasteiger partial charge in [0.1, 0.15) is 11.7 Å². The Kier molecular flexibility index (Phi) is 5.81. The molecule has 7 nitrogen and oxygen atoms in total. The van der Waals surface area contributed by atoms with Gasteiger partial charge in [0.05, 0.1) is 11.6 Å². The smallest absolute Gasteiger partial charge is 0.407 e. The van der Waals surface area contributed by atoms with Crippen LogP contribution >= 0.6 is 0 Å². The molecule has 0 bridgehead atoms. The van der Waals surface area contributed by atoms with Crippen LogP contribution in [0.15, 0.2) is 35.3 Å².